The van der Waals surface area contributed by atoms with Crippen molar-refractivity contribution in [3.63, 3.8) is 0 Å². The van der Waals surface area contributed by atoms with Crippen molar-refractivity contribution in [2.45, 2.75) is 17.7 Å². The molecule has 11 nitrogen and oxygen atoms in total. The summed E-state index contributed by atoms with van der Waals surface area (Å²) in [6, 6.07) is 6.55. The summed E-state index contributed by atoms with van der Waals surface area (Å²) >= 11 is 0. The highest BCUT2D eigenvalue weighted by Crippen LogP contribution is 2.29. The molecule has 15 heteroatoms. The highest BCUT2D eigenvalue weighted by molar-refractivity contribution is 7.89. The Morgan fingerprint density at radius 3 is 2.26 bits per heavy atom. The summed E-state index contributed by atoms with van der Waals surface area (Å²) in [6.45, 7) is -0.249. The van der Waals surface area contributed by atoms with Gasteiger partial charge in [0.1, 0.15) is 6.61 Å². The second-order valence-electron chi connectivity index (χ2n) is 6.78. The molecule has 0 aliphatic heterocycles. The number of carbonyl (C=O) groups excluding carboxylic acids is 2. The Kier molecular flexibility index (Phi) is 6.88. The first-order valence-corrected chi connectivity index (χ1v) is 10.8. The monoisotopic (exact) mass is 498 g/mol. The fraction of sp³-hybridized carbons (Fsp3) is 0.158. The largest absolute Gasteiger partial charge is 0.471 e. The number of aromatic nitrogens is 3. The van der Waals surface area contributed by atoms with Crippen LogP contribution in [0.2, 0.25) is 0 Å². The number of benzene rings is 1. The first-order chi connectivity index (χ1) is 15.9. The molecule has 2 aromatic heterocycles. The summed E-state index contributed by atoms with van der Waals surface area (Å²) < 4.78 is 67.1. The number of nitrogens with zero attached hydrogens (tertiary/aromatic N) is 3. The molecule has 0 radical (unpaired) electrons. The smallest absolute Gasteiger partial charge is 0.417 e. The van der Waals surface area contributed by atoms with Gasteiger partial charge < -0.3 is 4.74 Å². The maximum absolute atomic E-state index is 12.6. The summed E-state index contributed by atoms with van der Waals surface area (Å²) in [7, 11) is -2.41. The van der Waals surface area contributed by atoms with E-state index in [1.807, 2.05) is 0 Å². The van der Waals surface area contributed by atoms with Gasteiger partial charge in [-0.25, -0.2) is 18.5 Å². The van der Waals surface area contributed by atoms with Crippen molar-refractivity contribution >= 4 is 21.8 Å². The fourth-order valence-corrected chi connectivity index (χ4v) is 3.16. The maximum atomic E-state index is 12.6. The number of rotatable bonds is 6. The first kappa shape index (κ1) is 24.7. The van der Waals surface area contributed by atoms with Crippen LogP contribution in [0, 0.1) is 0 Å². The van der Waals surface area contributed by atoms with Gasteiger partial charge in [-0.15, -0.1) is 0 Å². The number of halogens is 3. The third kappa shape index (κ3) is 5.87. The highest BCUT2D eigenvalue weighted by Gasteiger charge is 2.30. The molecule has 0 atom stereocenters. The van der Waals surface area contributed by atoms with E-state index in [1.54, 1.807) is 0 Å². The maximum Gasteiger partial charge on any atom is 0.417 e. The zero-order valence-corrected chi connectivity index (χ0v) is 18.1. The number of nitrogens with two attached hydrogens (primary N) is 1. The number of sulfonamides is 1. The van der Waals surface area contributed by atoms with E-state index in [1.165, 1.54) is 30.1 Å². The number of primary sulfonamides is 1. The Bertz CT molecular complexity index is 1310. The van der Waals surface area contributed by atoms with Crippen LogP contribution in [0.5, 0.6) is 5.88 Å². The van der Waals surface area contributed by atoms with Gasteiger partial charge in [0.15, 0.2) is 0 Å². The SMILES string of the molecule is Cn1ncc(C(=O)NNC(=O)c2ccc(S(N)(=O)=O)cc2)c1COc1ccc(C(F)(F)F)cn1. The van der Waals surface area contributed by atoms with E-state index in [2.05, 4.69) is 20.9 Å². The predicted molar refractivity (Wildman–Crippen MR) is 110 cm³/mol. The fourth-order valence-electron chi connectivity index (χ4n) is 2.65. The zero-order valence-electron chi connectivity index (χ0n) is 17.3. The Morgan fingerprint density at radius 2 is 1.71 bits per heavy atom. The van der Waals surface area contributed by atoms with Crippen LogP contribution in [0.3, 0.4) is 0 Å². The normalized spacial score (nSPS) is 11.7. The van der Waals surface area contributed by atoms with E-state index in [-0.39, 0.29) is 34.2 Å². The molecule has 180 valence electrons. The Balaban J connectivity index is 1.62. The molecule has 34 heavy (non-hydrogen) atoms. The lowest BCUT2D eigenvalue weighted by molar-refractivity contribution is -0.137. The van der Waals surface area contributed by atoms with Crippen LogP contribution in [-0.4, -0.2) is 35.0 Å². The zero-order chi connectivity index (χ0) is 25.1. The highest BCUT2D eigenvalue weighted by atomic mass is 32.2. The summed E-state index contributed by atoms with van der Waals surface area (Å²) in [5.74, 6) is -1.58. The number of amides is 2. The van der Waals surface area contributed by atoms with Crippen molar-refractivity contribution in [2.24, 2.45) is 12.2 Å². The molecule has 0 spiro atoms. The van der Waals surface area contributed by atoms with Gasteiger partial charge in [-0.05, 0) is 30.3 Å². The van der Waals surface area contributed by atoms with E-state index in [0.29, 0.717) is 6.20 Å². The number of hydrogen-bond donors (Lipinski definition) is 3. The number of aryl methyl sites for hydroxylation is 1. The minimum Gasteiger partial charge on any atom is -0.471 e. The molecule has 1 aromatic carbocycles. The minimum absolute atomic E-state index is 0.0271. The topological polar surface area (TPSA) is 158 Å². The standard InChI is InChI=1S/C19H17F3N6O5S/c1-28-15(10-33-16-7-4-12(8-24-16)19(20,21)22)14(9-25-28)18(30)27-26-17(29)11-2-5-13(6-3-11)34(23,31)32/h2-9H,10H2,1H3,(H,26,29)(H,27,30)(H2,23,31,32). The molecule has 0 aliphatic carbocycles. The van der Waals surface area contributed by atoms with Crippen LogP contribution in [0.4, 0.5) is 13.2 Å². The van der Waals surface area contributed by atoms with Crippen molar-refractivity contribution in [3.8, 4) is 5.88 Å². The average Bonchev–Trinajstić information content (AvgIpc) is 3.15. The summed E-state index contributed by atoms with van der Waals surface area (Å²) in [4.78, 5) is 28.1. The van der Waals surface area contributed by atoms with Crippen molar-refractivity contribution in [3.05, 3.63) is 71.2 Å². The molecule has 4 N–H and O–H groups in total. The number of ether oxygens (including phenoxy) is 1. The first-order valence-electron chi connectivity index (χ1n) is 9.26. The molecule has 0 aliphatic rings. The Morgan fingerprint density at radius 1 is 1.06 bits per heavy atom. The van der Waals surface area contributed by atoms with Crippen LogP contribution < -0.4 is 20.7 Å². The van der Waals surface area contributed by atoms with Gasteiger partial charge in [0.05, 0.1) is 27.9 Å². The number of alkyl halides is 3. The second kappa shape index (κ2) is 9.48. The van der Waals surface area contributed by atoms with Gasteiger partial charge in [0.25, 0.3) is 11.8 Å². The van der Waals surface area contributed by atoms with E-state index < -0.39 is 33.6 Å². The Labute approximate surface area is 190 Å². The van der Waals surface area contributed by atoms with E-state index in [4.69, 9.17) is 9.88 Å². The molecule has 0 fully saturated rings. The van der Waals surface area contributed by atoms with Gasteiger partial charge in [-0.3, -0.25) is 25.1 Å². The minimum atomic E-state index is -4.53. The molecule has 2 amide bonds. The van der Waals surface area contributed by atoms with Crippen LogP contribution in [0.25, 0.3) is 0 Å². The number of hydrazine groups is 1. The van der Waals surface area contributed by atoms with Gasteiger partial charge in [-0.1, -0.05) is 0 Å². The van der Waals surface area contributed by atoms with E-state index in [0.717, 1.165) is 24.3 Å². The lowest BCUT2D eigenvalue weighted by Crippen LogP contribution is -2.42. The summed E-state index contributed by atoms with van der Waals surface area (Å²) in [6.07, 6.45) is -2.70. The van der Waals surface area contributed by atoms with Crippen LogP contribution in [-0.2, 0) is 29.9 Å². The van der Waals surface area contributed by atoms with Crippen LogP contribution in [0.1, 0.15) is 32.0 Å². The van der Waals surface area contributed by atoms with Gasteiger partial charge >= 0.3 is 6.18 Å². The predicted octanol–water partition coefficient (Wildman–Crippen LogP) is 1.14. The molecule has 2 heterocycles. The lowest BCUT2D eigenvalue weighted by atomic mass is 10.2. The number of pyridine rings is 1. The number of hydrogen-bond acceptors (Lipinski definition) is 7. The lowest BCUT2D eigenvalue weighted by Gasteiger charge is -2.11. The third-order valence-electron chi connectivity index (χ3n) is 4.46. The molecule has 0 unspecified atom stereocenters. The van der Waals surface area contributed by atoms with Crippen molar-refractivity contribution < 1.29 is 35.9 Å². The molecule has 0 saturated carbocycles. The van der Waals surface area contributed by atoms with Gasteiger partial charge in [0.2, 0.25) is 15.9 Å². The van der Waals surface area contributed by atoms with Crippen molar-refractivity contribution in [1.82, 2.24) is 25.6 Å². The van der Waals surface area contributed by atoms with E-state index >= 15 is 0 Å². The summed E-state index contributed by atoms with van der Waals surface area (Å²) in [5.41, 5.74) is 3.76. The van der Waals surface area contributed by atoms with E-state index in [9.17, 15) is 31.2 Å². The van der Waals surface area contributed by atoms with Crippen LogP contribution >= 0.6 is 0 Å². The molecule has 0 saturated heterocycles. The molecule has 0 bridgehead atoms. The number of nitrogens with one attached hydrogen (secondary N) is 2. The third-order valence-corrected chi connectivity index (χ3v) is 5.39. The molecule has 3 rings (SSSR count). The quantitative estimate of drug-likeness (QED) is 0.430. The molecular formula is C19H17F3N6O5S. The molecular weight excluding hydrogens is 481 g/mol. The van der Waals surface area contributed by atoms with Crippen molar-refractivity contribution in [1.29, 1.82) is 0 Å². The van der Waals surface area contributed by atoms with Gasteiger partial charge in [0, 0.05) is 24.9 Å². The van der Waals surface area contributed by atoms with Gasteiger partial charge in [-0.2, -0.15) is 18.3 Å². The average molecular weight is 498 g/mol. The Hall–Kier alpha value is -3.98. The molecule has 3 aromatic rings. The summed E-state index contributed by atoms with van der Waals surface area (Å²) in [5, 5.41) is 8.93. The van der Waals surface area contributed by atoms with Crippen LogP contribution in [0.15, 0.2) is 53.7 Å². The van der Waals surface area contributed by atoms with Crippen molar-refractivity contribution in [2.75, 3.05) is 0 Å². The number of carbonyl (C=O) groups is 2. The second-order valence-corrected chi connectivity index (χ2v) is 8.34.